The van der Waals surface area contributed by atoms with E-state index in [9.17, 15) is 38.4 Å². The minimum absolute atomic E-state index is 0.00367. The highest BCUT2D eigenvalue weighted by Gasteiger charge is 2.42. The van der Waals surface area contributed by atoms with Gasteiger partial charge >= 0.3 is 18.1 Å². The molecule has 0 bridgehead atoms. The van der Waals surface area contributed by atoms with Gasteiger partial charge in [0.25, 0.3) is 11.8 Å². The van der Waals surface area contributed by atoms with Crippen LogP contribution in [0, 0.1) is 5.82 Å². The molecule has 384 valence electrons. The number of anilines is 2. The maximum Gasteiger partial charge on any atom is 0.414 e. The SMILES string of the molecule is O=C(CCCCCNC(=O)CCCC[C@@H]1SC[C@@H]2NC(=O)N[C@@H]21)NCCCCCNC(=O)CCC(=O)OCCCC1OCCN(c2ccc(N3C[C@H](CNC(=O)c4ccc(Cl)s4)OC3=O)c(F)c2)C1=O. The Kier molecular flexibility index (Phi) is 21.7. The first-order valence-corrected chi connectivity index (χ1v) is 26.5. The van der Waals surface area contributed by atoms with E-state index in [1.165, 1.54) is 23.1 Å². The number of halogens is 2. The van der Waals surface area contributed by atoms with Crippen molar-refractivity contribution in [1.82, 2.24) is 31.9 Å². The van der Waals surface area contributed by atoms with Gasteiger partial charge in [-0.05, 0) is 88.1 Å². The first-order valence-electron chi connectivity index (χ1n) is 24.2. The molecule has 70 heavy (non-hydrogen) atoms. The summed E-state index contributed by atoms with van der Waals surface area (Å²) in [5.41, 5.74) is 0.255. The Morgan fingerprint density at radius 1 is 0.786 bits per heavy atom. The smallest absolute Gasteiger partial charge is 0.414 e. The molecule has 19 nitrogen and oxygen atoms in total. The number of hydrogen-bond acceptors (Lipinski definition) is 13. The minimum Gasteiger partial charge on any atom is -0.466 e. The molecular weight excluding hydrogens is 971 g/mol. The third kappa shape index (κ3) is 17.0. The minimum atomic E-state index is -0.837. The van der Waals surface area contributed by atoms with Gasteiger partial charge in [-0.25, -0.2) is 14.0 Å². The number of urea groups is 1. The summed E-state index contributed by atoms with van der Waals surface area (Å²) in [5, 5.41) is 17.7. The van der Waals surface area contributed by atoms with Gasteiger partial charge in [-0.15, -0.1) is 11.3 Å². The fourth-order valence-electron chi connectivity index (χ4n) is 8.52. The monoisotopic (exact) mass is 1030 g/mol. The first kappa shape index (κ1) is 54.1. The Morgan fingerprint density at radius 3 is 2.19 bits per heavy atom. The number of amides is 8. The average molecular weight is 1040 g/mol. The van der Waals surface area contributed by atoms with Crippen LogP contribution in [0.2, 0.25) is 4.34 Å². The van der Waals surface area contributed by atoms with Gasteiger partial charge in [-0.3, -0.25) is 33.7 Å². The molecule has 5 heterocycles. The quantitative estimate of drug-likeness (QED) is 0.0361. The van der Waals surface area contributed by atoms with Gasteiger partial charge in [0, 0.05) is 62.1 Å². The third-order valence-electron chi connectivity index (χ3n) is 12.3. The topological polar surface area (TPSA) is 243 Å². The van der Waals surface area contributed by atoms with Gasteiger partial charge < -0.3 is 51.0 Å². The zero-order chi connectivity index (χ0) is 49.8. The molecule has 5 atom stereocenters. The lowest BCUT2D eigenvalue weighted by molar-refractivity contribution is -0.145. The number of rotatable bonds is 29. The molecular formula is C47H64ClFN8O11S2. The number of cyclic esters (lactones) is 1. The second kappa shape index (κ2) is 28.0. The van der Waals surface area contributed by atoms with Crippen molar-refractivity contribution in [3.05, 3.63) is 45.4 Å². The second-order valence-corrected chi connectivity index (χ2v) is 20.6. The van der Waals surface area contributed by atoms with Crippen molar-refractivity contribution in [3.8, 4) is 0 Å². The molecule has 23 heteroatoms. The lowest BCUT2D eigenvalue weighted by atomic mass is 10.0. The van der Waals surface area contributed by atoms with Gasteiger partial charge in [0.05, 0.1) is 59.7 Å². The van der Waals surface area contributed by atoms with E-state index in [2.05, 4.69) is 31.9 Å². The Morgan fingerprint density at radius 2 is 1.49 bits per heavy atom. The highest BCUT2D eigenvalue weighted by Crippen LogP contribution is 2.34. The number of nitrogens with one attached hydrogen (secondary N) is 6. The lowest BCUT2D eigenvalue weighted by Crippen LogP contribution is -2.48. The number of morpholine rings is 1. The van der Waals surface area contributed by atoms with Crippen LogP contribution in [-0.4, -0.2) is 135 Å². The van der Waals surface area contributed by atoms with E-state index in [0.29, 0.717) is 53.4 Å². The number of carbonyl (C=O) groups is 8. The van der Waals surface area contributed by atoms with Crippen LogP contribution in [-0.2, 0) is 38.2 Å². The zero-order valence-corrected chi connectivity index (χ0v) is 41.6. The van der Waals surface area contributed by atoms with Crippen molar-refractivity contribution in [2.75, 3.05) is 68.0 Å². The summed E-state index contributed by atoms with van der Waals surface area (Å²) in [4.78, 5) is 102. The van der Waals surface area contributed by atoms with Crippen molar-refractivity contribution in [2.24, 2.45) is 0 Å². The Labute approximate surface area is 420 Å². The van der Waals surface area contributed by atoms with Crippen molar-refractivity contribution < 1.29 is 57.0 Å². The Balaban J connectivity index is 0.723. The number of benzene rings is 1. The number of nitrogens with zero attached hydrogens (tertiary/aromatic N) is 2. The largest absolute Gasteiger partial charge is 0.466 e. The molecule has 1 aromatic heterocycles. The van der Waals surface area contributed by atoms with Crippen molar-refractivity contribution >= 4 is 93.7 Å². The van der Waals surface area contributed by atoms with Gasteiger partial charge in [-0.1, -0.05) is 24.4 Å². The summed E-state index contributed by atoms with van der Waals surface area (Å²) in [6.45, 7) is 2.03. The summed E-state index contributed by atoms with van der Waals surface area (Å²) in [7, 11) is 0. The number of unbranched alkanes of at least 4 members (excludes halogenated alkanes) is 5. The highest BCUT2D eigenvalue weighted by atomic mass is 35.5. The molecule has 6 N–H and O–H groups in total. The number of ether oxygens (including phenoxy) is 3. The molecule has 0 radical (unpaired) electrons. The van der Waals surface area contributed by atoms with E-state index < -0.39 is 30.1 Å². The van der Waals surface area contributed by atoms with Crippen LogP contribution in [0.25, 0.3) is 0 Å². The van der Waals surface area contributed by atoms with Gasteiger partial charge in [0.1, 0.15) is 18.0 Å². The van der Waals surface area contributed by atoms with E-state index in [4.69, 9.17) is 25.8 Å². The molecule has 4 saturated heterocycles. The van der Waals surface area contributed by atoms with Crippen LogP contribution in [0.1, 0.15) is 106 Å². The van der Waals surface area contributed by atoms with E-state index in [0.717, 1.165) is 79.8 Å². The number of esters is 1. The molecule has 6 rings (SSSR count). The molecule has 0 saturated carbocycles. The van der Waals surface area contributed by atoms with Crippen LogP contribution in [0.5, 0.6) is 0 Å². The molecule has 4 aliphatic heterocycles. The fourth-order valence-corrected chi connectivity index (χ4v) is 11.0. The summed E-state index contributed by atoms with van der Waals surface area (Å²) in [6.07, 6.45) is 6.53. The van der Waals surface area contributed by atoms with Crippen molar-refractivity contribution in [3.63, 3.8) is 0 Å². The number of hydrogen-bond donors (Lipinski definition) is 6. The van der Waals surface area contributed by atoms with E-state index in [1.54, 1.807) is 12.1 Å². The summed E-state index contributed by atoms with van der Waals surface area (Å²) < 4.78 is 32.2. The van der Waals surface area contributed by atoms with Crippen LogP contribution in [0.3, 0.4) is 0 Å². The zero-order valence-electron chi connectivity index (χ0n) is 39.2. The van der Waals surface area contributed by atoms with Crippen LogP contribution in [0.15, 0.2) is 30.3 Å². The van der Waals surface area contributed by atoms with Crippen molar-refractivity contribution in [2.45, 2.75) is 126 Å². The third-order valence-corrected chi connectivity index (χ3v) is 15.0. The van der Waals surface area contributed by atoms with Gasteiger partial charge in [0.15, 0.2) is 0 Å². The number of fused-ring (bicyclic) bond motifs is 1. The van der Waals surface area contributed by atoms with E-state index in [1.807, 2.05) is 11.8 Å². The van der Waals surface area contributed by atoms with Crippen LogP contribution in [0.4, 0.5) is 25.4 Å². The van der Waals surface area contributed by atoms with Crippen LogP contribution < -0.4 is 41.7 Å². The van der Waals surface area contributed by atoms with E-state index in [-0.39, 0.29) is 111 Å². The van der Waals surface area contributed by atoms with Crippen molar-refractivity contribution in [1.29, 1.82) is 0 Å². The Hall–Kier alpha value is -5.19. The fraction of sp³-hybridized carbons (Fsp3) is 0.617. The number of carbonyl (C=O) groups excluding carboxylic acids is 8. The molecule has 8 amide bonds. The Bertz CT molecular complexity index is 2150. The predicted octanol–water partition coefficient (Wildman–Crippen LogP) is 4.94. The van der Waals surface area contributed by atoms with Crippen LogP contribution >= 0.6 is 34.7 Å². The van der Waals surface area contributed by atoms with Gasteiger partial charge in [0.2, 0.25) is 17.7 Å². The maximum atomic E-state index is 15.4. The maximum absolute atomic E-state index is 15.4. The number of thioether (sulfide) groups is 1. The number of thiophene rings is 1. The highest BCUT2D eigenvalue weighted by molar-refractivity contribution is 8.00. The second-order valence-electron chi connectivity index (χ2n) is 17.6. The first-order chi connectivity index (χ1) is 33.8. The molecule has 1 aromatic carbocycles. The predicted molar refractivity (Wildman–Crippen MR) is 263 cm³/mol. The molecule has 0 spiro atoms. The molecule has 2 aromatic rings. The standard InChI is InChI=1S/C47H64ClFN8O11S2/c48-38-17-16-37(70-38)44(62)53-27-31-28-57(47(65)68-31)34-15-14-30(26-32(34)49)56-23-25-66-35(45(56)63)10-9-24-67-42(61)19-18-41(60)52-22-8-2-7-21-51-39(58)12-3-1-6-20-50-40(59)13-5-4-11-36-43-33(29-69-36)54-46(64)55-43/h14-17,26,31,33,35-36,43H,1-13,18-25,27-29H2,(H,50,59)(H,51,58)(H,52,60)(H,53,62)(H2,54,55,64)/t31-,33-,35?,36-,43-/m0/s1. The molecule has 4 fully saturated rings. The molecule has 0 aliphatic carbocycles. The average Bonchev–Trinajstić information content (AvgIpc) is 4.13. The lowest BCUT2D eigenvalue weighted by Gasteiger charge is -2.32. The molecule has 1 unspecified atom stereocenters. The normalized spacial score (nSPS) is 20.6. The molecule has 4 aliphatic rings. The summed E-state index contributed by atoms with van der Waals surface area (Å²) >= 11 is 8.89. The summed E-state index contributed by atoms with van der Waals surface area (Å²) in [6, 6.07) is 7.62. The van der Waals surface area contributed by atoms with Gasteiger partial charge in [-0.2, -0.15) is 11.8 Å². The van der Waals surface area contributed by atoms with E-state index >= 15 is 4.39 Å². The summed E-state index contributed by atoms with van der Waals surface area (Å²) in [5.74, 6) is -1.31.